The van der Waals surface area contributed by atoms with Crippen LogP contribution in [0.3, 0.4) is 0 Å². The number of halogens is 4. The lowest BCUT2D eigenvalue weighted by Gasteiger charge is -2.14. The van der Waals surface area contributed by atoms with Gasteiger partial charge in [0.25, 0.3) is 0 Å². The van der Waals surface area contributed by atoms with Crippen LogP contribution < -0.4 is 5.32 Å². The van der Waals surface area contributed by atoms with Gasteiger partial charge in [0.05, 0.1) is 15.0 Å². The van der Waals surface area contributed by atoms with Crippen molar-refractivity contribution in [3.8, 4) is 5.75 Å². The van der Waals surface area contributed by atoms with Crippen molar-refractivity contribution in [3.05, 3.63) is 25.0 Å². The maximum absolute atomic E-state index is 11.0. The van der Waals surface area contributed by atoms with Crippen molar-refractivity contribution in [3.63, 3.8) is 0 Å². The number of aromatic hydroxyl groups is 1. The molecule has 1 amide bonds. The molecule has 1 aromatic rings. The lowest BCUT2D eigenvalue weighted by atomic mass is 10.1. The highest BCUT2D eigenvalue weighted by Gasteiger charge is 2.29. The van der Waals surface area contributed by atoms with Crippen LogP contribution in [0.4, 0.5) is 4.79 Å². The fourth-order valence-corrected chi connectivity index (χ4v) is 4.13. The maximum Gasteiger partial charge on any atom is 0.407 e. The lowest BCUT2D eigenvalue weighted by Crippen LogP contribution is -2.19. The molecule has 94 valence electrons. The number of phenolic OH excluding ortho intramolecular Hbond substituents is 1. The van der Waals surface area contributed by atoms with Crippen LogP contribution in [0.25, 0.3) is 0 Å². The first-order chi connectivity index (χ1) is 7.50. The third kappa shape index (κ3) is 2.89. The van der Waals surface area contributed by atoms with Crippen molar-refractivity contribution in [2.45, 2.75) is 6.04 Å². The van der Waals surface area contributed by atoms with E-state index in [1.54, 1.807) is 6.07 Å². The Balaban J connectivity index is 0.00000144. The second-order valence-electron chi connectivity index (χ2n) is 3.21. The number of nitrogens with one attached hydrogen (secondary N) is 1. The lowest BCUT2D eigenvalue weighted by molar-refractivity contribution is 0.177. The van der Waals surface area contributed by atoms with E-state index in [-0.39, 0.29) is 30.8 Å². The van der Waals surface area contributed by atoms with E-state index in [0.29, 0.717) is 8.95 Å². The first-order valence-electron chi connectivity index (χ1n) is 4.30. The molecule has 0 aliphatic carbocycles. The van der Waals surface area contributed by atoms with Crippen LogP contribution in [0.15, 0.2) is 19.5 Å². The molecule has 1 fully saturated rings. The van der Waals surface area contributed by atoms with E-state index in [0.717, 1.165) is 10.0 Å². The zero-order chi connectivity index (χ0) is 11.9. The summed E-state index contributed by atoms with van der Waals surface area (Å²) in [5.41, 5.74) is 0.756. The number of hydrogen-bond acceptors (Lipinski definition) is 3. The molecule has 0 radical (unpaired) electrons. The number of carbonyl (C=O) groups is 1. The minimum atomic E-state index is -0.453. The molecule has 17 heavy (non-hydrogen) atoms. The van der Waals surface area contributed by atoms with Crippen LogP contribution in [0, 0.1) is 0 Å². The van der Waals surface area contributed by atoms with Crippen LogP contribution in [-0.4, -0.2) is 17.8 Å². The molecule has 0 aromatic heterocycles. The van der Waals surface area contributed by atoms with Gasteiger partial charge in [-0.3, -0.25) is 0 Å². The first-order valence-corrected chi connectivity index (χ1v) is 6.68. The Morgan fingerprint density at radius 2 is 2.00 bits per heavy atom. The Hall–Kier alpha value is 0.0200. The minimum absolute atomic E-state index is 0. The van der Waals surface area contributed by atoms with Gasteiger partial charge in [0.1, 0.15) is 12.4 Å². The molecular formula is C9H7Br3ClNO3. The summed E-state index contributed by atoms with van der Waals surface area (Å²) >= 11 is 9.90. The quantitative estimate of drug-likeness (QED) is 0.680. The number of alkyl carbamates (subject to hydrolysis) is 1. The molecule has 0 unspecified atom stereocenters. The van der Waals surface area contributed by atoms with Gasteiger partial charge < -0.3 is 15.2 Å². The van der Waals surface area contributed by atoms with Crippen molar-refractivity contribution < 1.29 is 14.6 Å². The fourth-order valence-electron chi connectivity index (χ4n) is 1.45. The van der Waals surface area contributed by atoms with Gasteiger partial charge in [-0.1, -0.05) is 15.9 Å². The smallest absolute Gasteiger partial charge is 0.407 e. The van der Waals surface area contributed by atoms with Gasteiger partial charge >= 0.3 is 6.09 Å². The first kappa shape index (κ1) is 15.1. The van der Waals surface area contributed by atoms with E-state index < -0.39 is 6.09 Å². The number of ether oxygens (including phenoxy) is 1. The van der Waals surface area contributed by atoms with E-state index in [9.17, 15) is 9.90 Å². The SMILES string of the molecule is Cl.O=C1N[C@@H](c2c(Br)cc(Br)c(O)c2Br)CO1. The topological polar surface area (TPSA) is 58.6 Å². The van der Waals surface area contributed by atoms with E-state index >= 15 is 0 Å². The predicted molar refractivity (Wildman–Crippen MR) is 75.7 cm³/mol. The molecule has 0 saturated carbocycles. The molecule has 1 aliphatic rings. The Labute approximate surface area is 129 Å². The Morgan fingerprint density at radius 1 is 1.35 bits per heavy atom. The third-order valence-electron chi connectivity index (χ3n) is 2.20. The van der Waals surface area contributed by atoms with Gasteiger partial charge in [0.2, 0.25) is 0 Å². The second kappa shape index (κ2) is 5.77. The van der Waals surface area contributed by atoms with E-state index in [2.05, 4.69) is 53.1 Å². The van der Waals surface area contributed by atoms with Gasteiger partial charge in [-0.25, -0.2) is 4.79 Å². The van der Waals surface area contributed by atoms with Crippen LogP contribution in [-0.2, 0) is 4.74 Å². The molecule has 2 rings (SSSR count). The van der Waals surface area contributed by atoms with Gasteiger partial charge in [0.15, 0.2) is 0 Å². The maximum atomic E-state index is 11.0. The molecule has 1 aromatic carbocycles. The van der Waals surface area contributed by atoms with E-state index in [1.165, 1.54) is 0 Å². The number of hydrogen-bond donors (Lipinski definition) is 2. The van der Waals surface area contributed by atoms with Crippen molar-refractivity contribution >= 4 is 66.3 Å². The standard InChI is InChI=1S/C9H6Br3NO3.ClH/c10-3-1-4(11)8(14)7(12)6(3)5-2-16-9(15)13-5;/h1,5,14H,2H2,(H,13,15);1H/t5-;/m1./s1. The Bertz CT molecular complexity index is 469. The number of phenols is 1. The Kier molecular flexibility index (Phi) is 5.12. The van der Waals surface area contributed by atoms with E-state index in [1.807, 2.05) is 0 Å². The summed E-state index contributed by atoms with van der Waals surface area (Å²) in [5, 5.41) is 12.4. The molecule has 1 aliphatic heterocycles. The minimum Gasteiger partial charge on any atom is -0.506 e. The number of benzene rings is 1. The van der Waals surface area contributed by atoms with Crippen molar-refractivity contribution in [2.24, 2.45) is 0 Å². The molecule has 1 saturated heterocycles. The zero-order valence-electron chi connectivity index (χ0n) is 8.17. The van der Waals surface area contributed by atoms with Gasteiger partial charge in [0, 0.05) is 10.0 Å². The molecule has 8 heteroatoms. The molecule has 0 bridgehead atoms. The molecule has 2 N–H and O–H groups in total. The predicted octanol–water partition coefficient (Wildman–Crippen LogP) is 3.88. The molecule has 0 spiro atoms. The number of amides is 1. The van der Waals surface area contributed by atoms with Crippen molar-refractivity contribution in [1.82, 2.24) is 5.32 Å². The number of rotatable bonds is 1. The summed E-state index contributed by atoms with van der Waals surface area (Å²) in [6.45, 7) is 0.247. The van der Waals surface area contributed by atoms with Crippen molar-refractivity contribution in [1.29, 1.82) is 0 Å². The Morgan fingerprint density at radius 3 is 2.53 bits per heavy atom. The van der Waals surface area contributed by atoms with Gasteiger partial charge in [-0.15, -0.1) is 12.4 Å². The molecule has 1 heterocycles. The highest BCUT2D eigenvalue weighted by Crippen LogP contribution is 2.42. The summed E-state index contributed by atoms with van der Waals surface area (Å²) < 4.78 is 6.69. The highest BCUT2D eigenvalue weighted by atomic mass is 79.9. The third-order valence-corrected chi connectivity index (χ3v) is 4.27. The van der Waals surface area contributed by atoms with Crippen LogP contribution in [0.2, 0.25) is 0 Å². The molecule has 1 atom stereocenters. The van der Waals surface area contributed by atoms with Crippen molar-refractivity contribution in [2.75, 3.05) is 6.61 Å². The van der Waals surface area contributed by atoms with Gasteiger partial charge in [-0.2, -0.15) is 0 Å². The molecular weight excluding hydrogens is 445 g/mol. The highest BCUT2D eigenvalue weighted by molar-refractivity contribution is 9.11. The van der Waals surface area contributed by atoms with Gasteiger partial charge in [-0.05, 0) is 37.9 Å². The second-order valence-corrected chi connectivity index (χ2v) is 5.71. The van der Waals surface area contributed by atoms with Crippen LogP contribution in [0.5, 0.6) is 5.75 Å². The summed E-state index contributed by atoms with van der Waals surface area (Å²) in [4.78, 5) is 11.0. The van der Waals surface area contributed by atoms with E-state index in [4.69, 9.17) is 4.74 Å². The number of carbonyl (C=O) groups excluding carboxylic acids is 1. The number of cyclic esters (lactones) is 1. The summed E-state index contributed by atoms with van der Waals surface area (Å²) in [5.74, 6) is 0.0966. The monoisotopic (exact) mass is 449 g/mol. The summed E-state index contributed by atoms with van der Waals surface area (Å²) in [7, 11) is 0. The average Bonchev–Trinajstić information content (AvgIpc) is 2.61. The fraction of sp³-hybridized carbons (Fsp3) is 0.222. The average molecular weight is 452 g/mol. The van der Waals surface area contributed by atoms with Crippen LogP contribution in [0.1, 0.15) is 11.6 Å². The summed E-state index contributed by atoms with van der Waals surface area (Å²) in [6.07, 6.45) is -0.453. The largest absolute Gasteiger partial charge is 0.506 e. The summed E-state index contributed by atoms with van der Waals surface area (Å²) in [6, 6.07) is 1.45. The normalized spacial score (nSPS) is 18.3. The zero-order valence-corrected chi connectivity index (χ0v) is 13.7. The molecule has 4 nitrogen and oxygen atoms in total. The van der Waals surface area contributed by atoms with Crippen LogP contribution >= 0.6 is 60.2 Å².